The second kappa shape index (κ2) is 7.99. The number of carboxylic acid groups (broad SMARTS) is 1. The lowest BCUT2D eigenvalue weighted by atomic mass is 9.43. The Labute approximate surface area is 187 Å². The van der Waals surface area contributed by atoms with Crippen LogP contribution in [0.4, 0.5) is 0 Å². The Morgan fingerprint density at radius 1 is 0.903 bits per heavy atom. The van der Waals surface area contributed by atoms with Crippen molar-refractivity contribution in [2.45, 2.75) is 115 Å². The van der Waals surface area contributed by atoms with E-state index in [0.29, 0.717) is 36.1 Å². The topological polar surface area (TPSA) is 89.8 Å². The molecule has 0 spiro atoms. The summed E-state index contributed by atoms with van der Waals surface area (Å²) >= 11 is 0. The Bertz CT molecular complexity index is 693. The van der Waals surface area contributed by atoms with E-state index >= 15 is 0 Å². The zero-order chi connectivity index (χ0) is 22.0. The second-order valence-electron chi connectivity index (χ2n) is 12.3. The van der Waals surface area contributed by atoms with Crippen molar-refractivity contribution in [3.63, 3.8) is 0 Å². The Morgan fingerprint density at radius 2 is 1.65 bits per heavy atom. The van der Waals surface area contributed by atoms with Gasteiger partial charge in [-0.2, -0.15) is 0 Å². The van der Waals surface area contributed by atoms with E-state index in [9.17, 15) is 20.1 Å². The SMILES string of the molecule is C[C@]12CC[C@H]3[C@@H](CC[C@H]4C[C@H](O)[C@@H](O)[C@H](NC5CCCCC5)[C@@]43C)[C@@H]1CC[C@@H]2C(=O)O. The molecule has 0 amide bonds. The molecular formula is C26H43NO4. The first-order chi connectivity index (χ1) is 14.8. The van der Waals surface area contributed by atoms with E-state index in [4.69, 9.17) is 0 Å². The molecule has 5 rings (SSSR count). The van der Waals surface area contributed by atoms with Crippen LogP contribution < -0.4 is 5.32 Å². The number of aliphatic hydroxyl groups is 2. The highest BCUT2D eigenvalue weighted by atomic mass is 16.4. The molecule has 0 bridgehead atoms. The summed E-state index contributed by atoms with van der Waals surface area (Å²) in [6, 6.07) is 0.395. The minimum absolute atomic E-state index is 0.0261. The molecule has 5 aliphatic rings. The van der Waals surface area contributed by atoms with Crippen molar-refractivity contribution < 1.29 is 20.1 Å². The quantitative estimate of drug-likeness (QED) is 0.541. The smallest absolute Gasteiger partial charge is 0.307 e. The standard InChI is InChI=1S/C26H43NO4/c1-25-13-12-19-17(18(25)10-11-20(25)24(30)31)9-8-15-14-21(28)22(29)23(26(15,19)2)27-16-6-4-3-5-7-16/h15-23,27-29H,3-14H2,1-2H3,(H,30,31)/t15-,17-,18-,19-,20+,21-,22+,23-,25-,26-/m0/s1. The van der Waals surface area contributed by atoms with E-state index in [1.807, 2.05) is 0 Å². The van der Waals surface area contributed by atoms with Crippen molar-refractivity contribution >= 4 is 5.97 Å². The number of carboxylic acids is 1. The largest absolute Gasteiger partial charge is 0.481 e. The number of hydrogen-bond acceptors (Lipinski definition) is 4. The van der Waals surface area contributed by atoms with Gasteiger partial charge in [0, 0.05) is 12.1 Å². The summed E-state index contributed by atoms with van der Waals surface area (Å²) in [5.41, 5.74) is -0.100. The number of nitrogens with one attached hydrogen (secondary N) is 1. The van der Waals surface area contributed by atoms with Gasteiger partial charge in [0.05, 0.1) is 18.1 Å². The van der Waals surface area contributed by atoms with Crippen LogP contribution in [0.5, 0.6) is 0 Å². The highest BCUT2D eigenvalue weighted by Crippen LogP contribution is 2.67. The molecule has 0 unspecified atom stereocenters. The maximum atomic E-state index is 12.0. The van der Waals surface area contributed by atoms with E-state index in [1.165, 1.54) is 32.1 Å². The molecule has 0 saturated heterocycles. The van der Waals surface area contributed by atoms with Gasteiger partial charge in [0.2, 0.25) is 0 Å². The fourth-order valence-electron chi connectivity index (χ4n) is 9.55. The summed E-state index contributed by atoms with van der Waals surface area (Å²) in [7, 11) is 0. The molecule has 5 fully saturated rings. The van der Waals surface area contributed by atoms with Crippen molar-refractivity contribution in [2.24, 2.45) is 40.4 Å². The number of rotatable bonds is 3. The Kier molecular flexibility index (Phi) is 5.71. The van der Waals surface area contributed by atoms with Crippen LogP contribution in [0.15, 0.2) is 0 Å². The maximum absolute atomic E-state index is 12.0. The molecule has 0 radical (unpaired) electrons. The Morgan fingerprint density at radius 3 is 2.35 bits per heavy atom. The molecule has 176 valence electrons. The van der Waals surface area contributed by atoms with Gasteiger partial charge in [0.25, 0.3) is 0 Å². The first-order valence-corrected chi connectivity index (χ1v) is 13.1. The molecule has 0 aromatic carbocycles. The lowest BCUT2D eigenvalue weighted by molar-refractivity contribution is -0.182. The van der Waals surface area contributed by atoms with Gasteiger partial charge in [-0.05, 0) is 92.3 Å². The maximum Gasteiger partial charge on any atom is 0.307 e. The average Bonchev–Trinajstić information content (AvgIpc) is 3.11. The van der Waals surface area contributed by atoms with Gasteiger partial charge in [0.15, 0.2) is 0 Å². The summed E-state index contributed by atoms with van der Waals surface area (Å²) in [6.07, 6.45) is 11.7. The predicted molar refractivity (Wildman–Crippen MR) is 119 cm³/mol. The van der Waals surface area contributed by atoms with Gasteiger partial charge in [-0.25, -0.2) is 0 Å². The van der Waals surface area contributed by atoms with Gasteiger partial charge < -0.3 is 20.6 Å². The Hall–Kier alpha value is -0.650. The van der Waals surface area contributed by atoms with Gasteiger partial charge in [-0.1, -0.05) is 33.1 Å². The molecule has 0 aromatic heterocycles. The number of hydrogen-bond donors (Lipinski definition) is 4. The molecule has 4 N–H and O–H groups in total. The van der Waals surface area contributed by atoms with Gasteiger partial charge in [-0.15, -0.1) is 0 Å². The van der Waals surface area contributed by atoms with Crippen molar-refractivity contribution in [2.75, 3.05) is 0 Å². The minimum atomic E-state index is -0.703. The highest BCUT2D eigenvalue weighted by molar-refractivity contribution is 5.71. The normalized spacial score (nSPS) is 52.8. The van der Waals surface area contributed by atoms with Crippen LogP contribution in [0.25, 0.3) is 0 Å². The zero-order valence-corrected chi connectivity index (χ0v) is 19.4. The Balaban J connectivity index is 1.45. The first kappa shape index (κ1) is 22.2. The summed E-state index contributed by atoms with van der Waals surface area (Å²) in [5, 5.41) is 35.8. The van der Waals surface area contributed by atoms with Gasteiger partial charge in [-0.3, -0.25) is 4.79 Å². The number of aliphatic carboxylic acids is 1. The lowest BCUT2D eigenvalue weighted by Crippen LogP contribution is -2.69. The van der Waals surface area contributed by atoms with Gasteiger partial charge >= 0.3 is 5.97 Å². The van der Waals surface area contributed by atoms with Gasteiger partial charge in [0.1, 0.15) is 0 Å². The second-order valence-corrected chi connectivity index (χ2v) is 12.3. The molecule has 10 atom stereocenters. The molecule has 5 heteroatoms. The highest BCUT2D eigenvalue weighted by Gasteiger charge is 2.64. The van der Waals surface area contributed by atoms with E-state index in [0.717, 1.165) is 38.5 Å². The van der Waals surface area contributed by atoms with Crippen LogP contribution >= 0.6 is 0 Å². The van der Waals surface area contributed by atoms with Crippen LogP contribution in [-0.4, -0.2) is 45.6 Å². The van der Waals surface area contributed by atoms with Crippen molar-refractivity contribution in [1.29, 1.82) is 0 Å². The van der Waals surface area contributed by atoms with Crippen LogP contribution in [0.3, 0.4) is 0 Å². The lowest BCUT2D eigenvalue weighted by Gasteiger charge is -2.64. The fraction of sp³-hybridized carbons (Fsp3) is 0.962. The summed E-state index contributed by atoms with van der Waals surface area (Å²) < 4.78 is 0. The fourth-order valence-corrected chi connectivity index (χ4v) is 9.55. The van der Waals surface area contributed by atoms with Crippen LogP contribution in [0, 0.1) is 40.4 Å². The van der Waals surface area contributed by atoms with Crippen molar-refractivity contribution in [3.8, 4) is 0 Å². The van der Waals surface area contributed by atoms with Crippen LogP contribution in [-0.2, 0) is 4.79 Å². The molecule has 5 nitrogen and oxygen atoms in total. The third-order valence-electron chi connectivity index (χ3n) is 11.2. The van der Waals surface area contributed by atoms with E-state index in [1.54, 1.807) is 0 Å². The predicted octanol–water partition coefficient (Wildman–Crippen LogP) is 3.96. The number of aliphatic hydroxyl groups excluding tert-OH is 2. The molecular weight excluding hydrogens is 390 g/mol. The van der Waals surface area contributed by atoms with Crippen molar-refractivity contribution in [1.82, 2.24) is 5.32 Å². The number of fused-ring (bicyclic) bond motifs is 5. The molecule has 0 aromatic rings. The monoisotopic (exact) mass is 433 g/mol. The van der Waals surface area contributed by atoms with Crippen molar-refractivity contribution in [3.05, 3.63) is 0 Å². The summed E-state index contributed by atoms with van der Waals surface area (Å²) in [5.74, 6) is 1.21. The molecule has 5 aliphatic carbocycles. The van der Waals surface area contributed by atoms with E-state index < -0.39 is 18.2 Å². The first-order valence-electron chi connectivity index (χ1n) is 13.1. The summed E-state index contributed by atoms with van der Waals surface area (Å²) in [6.45, 7) is 4.67. The minimum Gasteiger partial charge on any atom is -0.481 e. The third kappa shape index (κ3) is 3.32. The zero-order valence-electron chi connectivity index (χ0n) is 19.4. The molecule has 5 saturated carbocycles. The molecule has 31 heavy (non-hydrogen) atoms. The molecule has 0 heterocycles. The molecule has 0 aliphatic heterocycles. The number of carbonyl (C=O) groups is 1. The van der Waals surface area contributed by atoms with E-state index in [-0.39, 0.29) is 22.8 Å². The third-order valence-corrected chi connectivity index (χ3v) is 11.2. The van der Waals surface area contributed by atoms with Crippen LogP contribution in [0.2, 0.25) is 0 Å². The summed E-state index contributed by atoms with van der Waals surface area (Å²) in [4.78, 5) is 12.0. The van der Waals surface area contributed by atoms with E-state index in [2.05, 4.69) is 19.2 Å². The average molecular weight is 434 g/mol. The van der Waals surface area contributed by atoms with Crippen LogP contribution in [0.1, 0.15) is 90.9 Å².